The first-order chi connectivity index (χ1) is 10.9. The summed E-state index contributed by atoms with van der Waals surface area (Å²) in [5.74, 6) is 2.54. The Morgan fingerprint density at radius 3 is 2.22 bits per heavy atom. The number of hydrogen-bond donors (Lipinski definition) is 1. The van der Waals surface area contributed by atoms with Gasteiger partial charge in [0, 0.05) is 19.6 Å². The third-order valence-corrected chi connectivity index (χ3v) is 4.75. The summed E-state index contributed by atoms with van der Waals surface area (Å²) in [5.41, 5.74) is 2.65. The molecule has 0 spiro atoms. The molecule has 0 amide bonds. The Morgan fingerprint density at radius 2 is 1.70 bits per heavy atom. The first-order valence-corrected chi connectivity index (χ1v) is 8.58. The smallest absolute Gasteiger partial charge is 0.161 e. The molecule has 1 aliphatic rings. The second-order valence-electron chi connectivity index (χ2n) is 7.09. The lowest BCUT2D eigenvalue weighted by Crippen LogP contribution is -2.38. The number of fused-ring (bicyclic) bond motifs is 1. The van der Waals surface area contributed by atoms with Gasteiger partial charge >= 0.3 is 0 Å². The molecule has 0 bridgehead atoms. The molecule has 2 rings (SSSR count). The summed E-state index contributed by atoms with van der Waals surface area (Å²) >= 11 is 0. The van der Waals surface area contributed by atoms with E-state index in [0.29, 0.717) is 11.8 Å². The number of benzene rings is 1. The second kappa shape index (κ2) is 8.02. The standard InChI is InChI=1S/C19H31NO3/c1-13(2)8-16(14(3)21)11-20-7-6-15-9-18(22-4)19(23-5)10-17(15)12-20/h9-10,13-14,16,21H,6-8,11-12H2,1-5H3. The van der Waals surface area contributed by atoms with Crippen LogP contribution >= 0.6 is 0 Å². The zero-order valence-corrected chi connectivity index (χ0v) is 15.1. The molecule has 0 fully saturated rings. The molecule has 130 valence electrons. The third kappa shape index (κ3) is 4.61. The van der Waals surface area contributed by atoms with Crippen LogP contribution in [0.2, 0.25) is 0 Å². The van der Waals surface area contributed by atoms with Crippen LogP contribution in [0.3, 0.4) is 0 Å². The molecule has 0 aliphatic carbocycles. The molecule has 4 nitrogen and oxygen atoms in total. The molecule has 1 aliphatic heterocycles. The predicted molar refractivity (Wildman–Crippen MR) is 93.2 cm³/mol. The van der Waals surface area contributed by atoms with Crippen molar-refractivity contribution in [2.45, 2.75) is 46.3 Å². The van der Waals surface area contributed by atoms with Crippen molar-refractivity contribution >= 4 is 0 Å². The maximum atomic E-state index is 10.1. The SMILES string of the molecule is COc1cc2c(cc1OC)CN(CC(CC(C)C)C(C)O)CC2. The van der Waals surface area contributed by atoms with Crippen molar-refractivity contribution in [2.24, 2.45) is 11.8 Å². The van der Waals surface area contributed by atoms with Gasteiger partial charge in [-0.05, 0) is 54.9 Å². The van der Waals surface area contributed by atoms with Gasteiger partial charge in [-0.2, -0.15) is 0 Å². The van der Waals surface area contributed by atoms with E-state index in [9.17, 15) is 5.11 Å². The van der Waals surface area contributed by atoms with Crippen molar-refractivity contribution in [2.75, 3.05) is 27.3 Å². The fourth-order valence-corrected chi connectivity index (χ4v) is 3.46. The van der Waals surface area contributed by atoms with E-state index in [2.05, 4.69) is 30.9 Å². The second-order valence-corrected chi connectivity index (χ2v) is 7.09. The number of nitrogens with zero attached hydrogens (tertiary/aromatic N) is 1. The average Bonchev–Trinajstić information content (AvgIpc) is 2.52. The number of rotatable bonds is 7. The summed E-state index contributed by atoms with van der Waals surface area (Å²) in [6.45, 7) is 9.25. The fraction of sp³-hybridized carbons (Fsp3) is 0.684. The summed E-state index contributed by atoms with van der Waals surface area (Å²) < 4.78 is 10.8. The fourth-order valence-electron chi connectivity index (χ4n) is 3.46. The van der Waals surface area contributed by atoms with Crippen LogP contribution in [-0.2, 0) is 13.0 Å². The molecule has 2 atom stereocenters. The first-order valence-electron chi connectivity index (χ1n) is 8.58. The van der Waals surface area contributed by atoms with Gasteiger partial charge in [-0.15, -0.1) is 0 Å². The average molecular weight is 321 g/mol. The van der Waals surface area contributed by atoms with Gasteiger partial charge in [-0.3, -0.25) is 4.90 Å². The quantitative estimate of drug-likeness (QED) is 0.838. The highest BCUT2D eigenvalue weighted by Gasteiger charge is 2.24. The maximum Gasteiger partial charge on any atom is 0.161 e. The molecule has 0 saturated carbocycles. The Bertz CT molecular complexity index is 514. The van der Waals surface area contributed by atoms with E-state index in [-0.39, 0.29) is 6.10 Å². The summed E-state index contributed by atoms with van der Waals surface area (Å²) in [4.78, 5) is 2.45. The van der Waals surface area contributed by atoms with Crippen LogP contribution < -0.4 is 9.47 Å². The van der Waals surface area contributed by atoms with E-state index in [1.165, 1.54) is 11.1 Å². The minimum Gasteiger partial charge on any atom is -0.493 e. The molecule has 0 saturated heterocycles. The molecule has 1 heterocycles. The van der Waals surface area contributed by atoms with Crippen molar-refractivity contribution in [1.29, 1.82) is 0 Å². The zero-order chi connectivity index (χ0) is 17.0. The Balaban J connectivity index is 2.10. The van der Waals surface area contributed by atoms with Crippen LogP contribution in [0.1, 0.15) is 38.3 Å². The molecule has 1 aromatic carbocycles. The van der Waals surface area contributed by atoms with E-state index < -0.39 is 0 Å². The van der Waals surface area contributed by atoms with Crippen LogP contribution in [0.5, 0.6) is 11.5 Å². The molecule has 0 aromatic heterocycles. The van der Waals surface area contributed by atoms with E-state index >= 15 is 0 Å². The highest BCUT2D eigenvalue weighted by molar-refractivity contribution is 5.48. The van der Waals surface area contributed by atoms with Gasteiger partial charge < -0.3 is 14.6 Å². The summed E-state index contributed by atoms with van der Waals surface area (Å²) in [7, 11) is 3.36. The molecule has 4 heteroatoms. The Kier molecular flexibility index (Phi) is 6.31. The van der Waals surface area contributed by atoms with Crippen molar-refractivity contribution < 1.29 is 14.6 Å². The number of hydrogen-bond acceptors (Lipinski definition) is 4. The highest BCUT2D eigenvalue weighted by Crippen LogP contribution is 2.33. The lowest BCUT2D eigenvalue weighted by Gasteiger charge is -2.34. The lowest BCUT2D eigenvalue weighted by molar-refractivity contribution is 0.0761. The zero-order valence-electron chi connectivity index (χ0n) is 15.1. The Hall–Kier alpha value is -1.26. The van der Waals surface area contributed by atoms with E-state index in [1.807, 2.05) is 6.92 Å². The van der Waals surface area contributed by atoms with Gasteiger partial charge in [-0.1, -0.05) is 13.8 Å². The highest BCUT2D eigenvalue weighted by atomic mass is 16.5. The first kappa shape index (κ1) is 18.1. The summed E-state index contributed by atoms with van der Waals surface area (Å²) in [5, 5.41) is 10.1. The Labute approximate surface area is 140 Å². The molecular formula is C19H31NO3. The van der Waals surface area contributed by atoms with Crippen LogP contribution in [-0.4, -0.2) is 43.4 Å². The molecule has 2 unspecified atom stereocenters. The van der Waals surface area contributed by atoms with Gasteiger partial charge in [0.25, 0.3) is 0 Å². The van der Waals surface area contributed by atoms with E-state index in [1.54, 1.807) is 14.2 Å². The molecule has 1 aromatic rings. The molecular weight excluding hydrogens is 290 g/mol. The monoisotopic (exact) mass is 321 g/mol. The molecule has 23 heavy (non-hydrogen) atoms. The van der Waals surface area contributed by atoms with Gasteiger partial charge in [0.15, 0.2) is 11.5 Å². The van der Waals surface area contributed by atoms with Crippen molar-refractivity contribution in [3.8, 4) is 11.5 Å². The lowest BCUT2D eigenvalue weighted by atomic mass is 9.91. The van der Waals surface area contributed by atoms with Gasteiger partial charge in [0.1, 0.15) is 0 Å². The number of methoxy groups -OCH3 is 2. The van der Waals surface area contributed by atoms with Crippen LogP contribution in [0.4, 0.5) is 0 Å². The number of aliphatic hydroxyl groups excluding tert-OH is 1. The topological polar surface area (TPSA) is 41.9 Å². The summed E-state index contributed by atoms with van der Waals surface area (Å²) in [6, 6.07) is 4.20. The number of aliphatic hydroxyl groups is 1. The van der Waals surface area contributed by atoms with Crippen molar-refractivity contribution in [3.05, 3.63) is 23.3 Å². The van der Waals surface area contributed by atoms with Gasteiger partial charge in [0.05, 0.1) is 20.3 Å². The normalized spacial score (nSPS) is 17.7. The van der Waals surface area contributed by atoms with E-state index in [0.717, 1.165) is 44.0 Å². The third-order valence-electron chi connectivity index (χ3n) is 4.75. The van der Waals surface area contributed by atoms with E-state index in [4.69, 9.17) is 9.47 Å². The molecule has 1 N–H and O–H groups in total. The van der Waals surface area contributed by atoms with Gasteiger partial charge in [0.2, 0.25) is 0 Å². The summed E-state index contributed by atoms with van der Waals surface area (Å²) in [6.07, 6.45) is 1.82. The minimum absolute atomic E-state index is 0.260. The van der Waals surface area contributed by atoms with Crippen LogP contribution in [0.15, 0.2) is 12.1 Å². The minimum atomic E-state index is -0.260. The molecule has 0 radical (unpaired) electrons. The van der Waals surface area contributed by atoms with Crippen LogP contribution in [0, 0.1) is 11.8 Å². The van der Waals surface area contributed by atoms with Gasteiger partial charge in [-0.25, -0.2) is 0 Å². The maximum absolute atomic E-state index is 10.1. The van der Waals surface area contributed by atoms with Crippen molar-refractivity contribution in [1.82, 2.24) is 4.90 Å². The number of ether oxygens (including phenoxy) is 2. The largest absolute Gasteiger partial charge is 0.493 e. The Morgan fingerprint density at radius 1 is 1.09 bits per heavy atom. The van der Waals surface area contributed by atoms with Crippen molar-refractivity contribution in [3.63, 3.8) is 0 Å². The predicted octanol–water partition coefficient (Wildman–Crippen LogP) is 3.11. The van der Waals surface area contributed by atoms with Crippen LogP contribution in [0.25, 0.3) is 0 Å².